The Kier molecular flexibility index (Phi) is 5.20. The van der Waals surface area contributed by atoms with Gasteiger partial charge in [0, 0.05) is 32.7 Å². The second-order valence-electron chi connectivity index (χ2n) is 6.67. The predicted octanol–water partition coefficient (Wildman–Crippen LogP) is 1.00. The molecule has 24 heavy (non-hydrogen) atoms. The summed E-state index contributed by atoms with van der Waals surface area (Å²) in [6, 6.07) is 7.78. The minimum atomic E-state index is 0.203. The lowest BCUT2D eigenvalue weighted by Gasteiger charge is -2.35. The van der Waals surface area contributed by atoms with Crippen LogP contribution in [0.3, 0.4) is 0 Å². The molecule has 0 aliphatic carbocycles. The average Bonchev–Trinajstić information content (AvgIpc) is 3.10. The highest BCUT2D eigenvalue weighted by Gasteiger charge is 2.21. The number of carbonyl (C=O) groups excluding carboxylic acids is 1. The first-order chi connectivity index (χ1) is 11.6. The van der Waals surface area contributed by atoms with E-state index in [0.717, 1.165) is 44.0 Å². The van der Waals surface area contributed by atoms with E-state index in [9.17, 15) is 4.79 Å². The molecule has 0 N–H and O–H groups in total. The molecule has 3 rings (SSSR count). The molecule has 0 bridgehead atoms. The van der Waals surface area contributed by atoms with Gasteiger partial charge in [-0.2, -0.15) is 0 Å². The number of hydrogen-bond donors (Lipinski definition) is 0. The first-order valence-corrected chi connectivity index (χ1v) is 8.44. The largest absolute Gasteiger partial charge is 0.340 e. The van der Waals surface area contributed by atoms with E-state index in [1.54, 1.807) is 11.0 Å². The molecule has 0 radical (unpaired) electrons. The van der Waals surface area contributed by atoms with Gasteiger partial charge in [-0.3, -0.25) is 9.69 Å². The van der Waals surface area contributed by atoms with Crippen LogP contribution in [-0.2, 0) is 11.2 Å². The molecule has 7 nitrogen and oxygen atoms in total. The van der Waals surface area contributed by atoms with Crippen molar-refractivity contribution in [3.05, 3.63) is 36.2 Å². The highest BCUT2D eigenvalue weighted by atomic mass is 16.2. The van der Waals surface area contributed by atoms with E-state index in [4.69, 9.17) is 0 Å². The number of rotatable bonds is 5. The second kappa shape index (κ2) is 7.53. The van der Waals surface area contributed by atoms with Crippen molar-refractivity contribution < 1.29 is 4.79 Å². The van der Waals surface area contributed by atoms with Crippen LogP contribution in [0.4, 0.5) is 0 Å². The summed E-state index contributed by atoms with van der Waals surface area (Å²) < 4.78 is 1.60. The molecule has 1 aromatic heterocycles. The summed E-state index contributed by atoms with van der Waals surface area (Å²) in [5, 5.41) is 11.1. The summed E-state index contributed by atoms with van der Waals surface area (Å²) in [4.78, 5) is 16.9. The minimum Gasteiger partial charge on any atom is -0.340 e. The van der Waals surface area contributed by atoms with E-state index in [-0.39, 0.29) is 5.91 Å². The van der Waals surface area contributed by atoms with Crippen molar-refractivity contribution in [3.8, 4) is 5.69 Å². The van der Waals surface area contributed by atoms with Crippen LogP contribution in [0.15, 0.2) is 30.6 Å². The van der Waals surface area contributed by atoms with Crippen LogP contribution in [0.2, 0.25) is 0 Å². The maximum absolute atomic E-state index is 12.5. The van der Waals surface area contributed by atoms with Gasteiger partial charge in [-0.1, -0.05) is 26.0 Å². The normalized spacial score (nSPS) is 15.9. The fourth-order valence-electron chi connectivity index (χ4n) is 3.03. The molecule has 128 valence electrons. The summed E-state index contributed by atoms with van der Waals surface area (Å²) >= 11 is 0. The Morgan fingerprint density at radius 1 is 1.12 bits per heavy atom. The zero-order chi connectivity index (χ0) is 16.9. The van der Waals surface area contributed by atoms with Crippen molar-refractivity contribution in [3.63, 3.8) is 0 Å². The number of nitrogens with zero attached hydrogens (tertiary/aromatic N) is 6. The smallest absolute Gasteiger partial charge is 0.227 e. The summed E-state index contributed by atoms with van der Waals surface area (Å²) in [6.07, 6.45) is 2.00. The van der Waals surface area contributed by atoms with Crippen molar-refractivity contribution in [2.24, 2.45) is 5.92 Å². The van der Waals surface area contributed by atoms with Crippen LogP contribution in [-0.4, -0.2) is 68.6 Å². The monoisotopic (exact) mass is 328 g/mol. The molecule has 1 aliphatic heterocycles. The zero-order valence-electron chi connectivity index (χ0n) is 14.3. The van der Waals surface area contributed by atoms with E-state index in [1.165, 1.54) is 0 Å². The molecular weight excluding hydrogens is 304 g/mol. The Hall–Kier alpha value is -2.28. The third-order valence-corrected chi connectivity index (χ3v) is 4.25. The predicted molar refractivity (Wildman–Crippen MR) is 90.7 cm³/mol. The van der Waals surface area contributed by atoms with E-state index in [0.29, 0.717) is 12.3 Å². The quantitative estimate of drug-likeness (QED) is 0.819. The number of hydrogen-bond acceptors (Lipinski definition) is 5. The van der Waals surface area contributed by atoms with Gasteiger partial charge in [-0.15, -0.1) is 5.10 Å². The van der Waals surface area contributed by atoms with Crippen molar-refractivity contribution in [2.75, 3.05) is 32.7 Å². The first kappa shape index (κ1) is 16.6. The molecule has 0 saturated carbocycles. The summed E-state index contributed by atoms with van der Waals surface area (Å²) in [5.41, 5.74) is 1.90. The van der Waals surface area contributed by atoms with Crippen LogP contribution in [0.5, 0.6) is 0 Å². The molecule has 1 saturated heterocycles. The molecule has 1 aliphatic rings. The van der Waals surface area contributed by atoms with Gasteiger partial charge in [-0.25, -0.2) is 4.68 Å². The maximum atomic E-state index is 12.5. The van der Waals surface area contributed by atoms with Gasteiger partial charge in [0.1, 0.15) is 6.33 Å². The van der Waals surface area contributed by atoms with Gasteiger partial charge < -0.3 is 4.90 Å². The standard InChI is InChI=1S/C17H24N6O/c1-14(2)12-21-7-9-22(10-8-21)17(24)11-15-3-5-16(6-4-15)23-13-18-19-20-23/h3-6,13-14H,7-12H2,1-2H3. The maximum Gasteiger partial charge on any atom is 0.227 e. The van der Waals surface area contributed by atoms with Crippen LogP contribution < -0.4 is 0 Å². The Morgan fingerprint density at radius 2 is 1.83 bits per heavy atom. The van der Waals surface area contributed by atoms with Gasteiger partial charge >= 0.3 is 0 Å². The Labute approximate surface area is 142 Å². The number of aromatic nitrogens is 4. The van der Waals surface area contributed by atoms with Gasteiger partial charge in [0.15, 0.2) is 0 Å². The number of piperazine rings is 1. The van der Waals surface area contributed by atoms with E-state index < -0.39 is 0 Å². The Morgan fingerprint density at radius 3 is 2.42 bits per heavy atom. The van der Waals surface area contributed by atoms with Gasteiger partial charge in [0.05, 0.1) is 12.1 Å². The molecule has 1 fully saturated rings. The second-order valence-corrected chi connectivity index (χ2v) is 6.67. The molecule has 1 amide bonds. The van der Waals surface area contributed by atoms with Gasteiger partial charge in [0.2, 0.25) is 5.91 Å². The molecule has 0 unspecified atom stereocenters. The minimum absolute atomic E-state index is 0.203. The lowest BCUT2D eigenvalue weighted by atomic mass is 10.1. The summed E-state index contributed by atoms with van der Waals surface area (Å²) in [5.74, 6) is 0.875. The van der Waals surface area contributed by atoms with E-state index in [1.807, 2.05) is 29.2 Å². The first-order valence-electron chi connectivity index (χ1n) is 8.44. The molecule has 0 atom stereocenters. The van der Waals surface area contributed by atoms with Crippen molar-refractivity contribution in [1.82, 2.24) is 30.0 Å². The summed E-state index contributed by atoms with van der Waals surface area (Å²) in [6.45, 7) is 9.18. The van der Waals surface area contributed by atoms with Crippen LogP contribution in [0, 0.1) is 5.92 Å². The van der Waals surface area contributed by atoms with Gasteiger partial charge in [-0.05, 0) is 34.0 Å². The van der Waals surface area contributed by atoms with E-state index in [2.05, 4.69) is 34.3 Å². The Bertz CT molecular complexity index is 644. The molecule has 2 heterocycles. The zero-order valence-corrected chi connectivity index (χ0v) is 14.3. The molecule has 1 aromatic carbocycles. The van der Waals surface area contributed by atoms with Crippen molar-refractivity contribution in [2.45, 2.75) is 20.3 Å². The van der Waals surface area contributed by atoms with Crippen molar-refractivity contribution in [1.29, 1.82) is 0 Å². The fourth-order valence-corrected chi connectivity index (χ4v) is 3.03. The van der Waals surface area contributed by atoms with Crippen LogP contribution >= 0.6 is 0 Å². The molecule has 2 aromatic rings. The molecule has 7 heteroatoms. The fraction of sp³-hybridized carbons (Fsp3) is 0.529. The average molecular weight is 328 g/mol. The van der Waals surface area contributed by atoms with Crippen LogP contribution in [0.1, 0.15) is 19.4 Å². The summed E-state index contributed by atoms with van der Waals surface area (Å²) in [7, 11) is 0. The van der Waals surface area contributed by atoms with Gasteiger partial charge in [0.25, 0.3) is 0 Å². The number of tetrazole rings is 1. The highest BCUT2D eigenvalue weighted by molar-refractivity contribution is 5.79. The lowest BCUT2D eigenvalue weighted by Crippen LogP contribution is -2.49. The van der Waals surface area contributed by atoms with Crippen LogP contribution in [0.25, 0.3) is 5.69 Å². The number of benzene rings is 1. The number of carbonyl (C=O) groups is 1. The SMILES string of the molecule is CC(C)CN1CCN(C(=O)Cc2ccc(-n3cnnn3)cc2)CC1. The molecular formula is C17H24N6O. The van der Waals surface area contributed by atoms with Crippen molar-refractivity contribution >= 4 is 5.91 Å². The third kappa shape index (κ3) is 4.17. The molecule has 0 spiro atoms. The topological polar surface area (TPSA) is 67.2 Å². The number of amides is 1. The van der Waals surface area contributed by atoms with E-state index >= 15 is 0 Å². The lowest BCUT2D eigenvalue weighted by molar-refractivity contribution is -0.132. The third-order valence-electron chi connectivity index (χ3n) is 4.25. The Balaban J connectivity index is 1.52. The highest BCUT2D eigenvalue weighted by Crippen LogP contribution is 2.11.